The maximum absolute atomic E-state index is 10.1. The summed E-state index contributed by atoms with van der Waals surface area (Å²) in [7, 11) is 0. The highest BCUT2D eigenvalue weighted by Gasteiger charge is 2.07. The van der Waals surface area contributed by atoms with Gasteiger partial charge in [0.2, 0.25) is 24.3 Å². The minimum Gasteiger partial charge on any atom is -0.222 e. The Hall–Kier alpha value is -3.75. The van der Waals surface area contributed by atoms with Gasteiger partial charge in [-0.2, -0.15) is 9.98 Å². The van der Waals surface area contributed by atoms with Crippen LogP contribution in [0.3, 0.4) is 0 Å². The smallest absolute Gasteiger partial charge is 0.222 e. The first kappa shape index (κ1) is 30.4. The second kappa shape index (κ2) is 17.0. The van der Waals surface area contributed by atoms with Gasteiger partial charge in [-0.3, -0.25) is 0 Å². The van der Waals surface area contributed by atoms with E-state index in [0.29, 0.717) is 16.9 Å². The third-order valence-electron chi connectivity index (χ3n) is 4.93. The number of rotatable bonds is 3. The summed E-state index contributed by atoms with van der Waals surface area (Å²) in [4.78, 5) is 43.6. The Morgan fingerprint density at radius 3 is 1.34 bits per heavy atom. The topological polar surface area (TPSA) is 141 Å². The summed E-state index contributed by atoms with van der Waals surface area (Å²) in [5.74, 6) is 0.228. The molecule has 2 aromatic rings. The predicted molar refractivity (Wildman–Crippen MR) is 123 cm³/mol. The molecule has 8 nitrogen and oxygen atoms in total. The maximum Gasteiger partial charge on any atom is 0.240 e. The first-order valence-corrected chi connectivity index (χ1v) is 9.60. The molecule has 0 saturated carbocycles. The molecule has 0 saturated heterocycles. The molecular formula is C23H25ClN4O4. The third kappa shape index (κ3) is 9.84. The highest BCUT2D eigenvalue weighted by molar-refractivity contribution is 6.17. The molecule has 9 heteroatoms. The van der Waals surface area contributed by atoms with Gasteiger partial charge in [0, 0.05) is 5.88 Å². The van der Waals surface area contributed by atoms with Gasteiger partial charge in [0.25, 0.3) is 0 Å². The molecule has 2 rings (SSSR count). The molecule has 2 N–H and O–H groups in total. The fourth-order valence-electron chi connectivity index (χ4n) is 2.63. The molecule has 168 valence electrons. The van der Waals surface area contributed by atoms with Crippen LogP contribution in [0.1, 0.15) is 38.9 Å². The molecule has 0 spiro atoms. The second-order valence-corrected chi connectivity index (χ2v) is 6.57. The largest absolute Gasteiger partial charge is 0.240 e. The molecule has 0 aliphatic rings. The number of aliphatic imine (C=N–C) groups is 2. The van der Waals surface area contributed by atoms with E-state index in [1.54, 1.807) is 12.1 Å². The van der Waals surface area contributed by atoms with Crippen molar-refractivity contribution >= 4 is 47.3 Å². The first-order valence-electron chi connectivity index (χ1n) is 9.07. The van der Waals surface area contributed by atoms with Crippen LogP contribution in [0.15, 0.2) is 28.2 Å². The Bertz CT molecular complexity index is 971. The van der Waals surface area contributed by atoms with E-state index in [0.717, 1.165) is 12.2 Å². The Morgan fingerprint density at radius 2 is 1.06 bits per heavy atom. The van der Waals surface area contributed by atoms with Gasteiger partial charge >= 0.3 is 0 Å². The van der Waals surface area contributed by atoms with E-state index in [4.69, 9.17) is 32.0 Å². The average molecular weight is 457 g/mol. The van der Waals surface area contributed by atoms with Crippen molar-refractivity contribution in [1.29, 1.82) is 10.8 Å². The number of benzene rings is 2. The minimum atomic E-state index is 0.228. The van der Waals surface area contributed by atoms with Crippen LogP contribution in [-0.2, 0) is 25.1 Å². The van der Waals surface area contributed by atoms with Gasteiger partial charge < -0.3 is 0 Å². The van der Waals surface area contributed by atoms with E-state index in [1.165, 1.54) is 51.6 Å². The van der Waals surface area contributed by atoms with Gasteiger partial charge in [-0.15, -0.1) is 11.6 Å². The van der Waals surface area contributed by atoms with Gasteiger partial charge in [0.05, 0.1) is 11.4 Å². The zero-order valence-electron chi connectivity index (χ0n) is 18.8. The van der Waals surface area contributed by atoms with E-state index in [2.05, 4.69) is 51.5 Å². The van der Waals surface area contributed by atoms with Crippen LogP contribution >= 0.6 is 11.6 Å². The highest BCUT2D eigenvalue weighted by atomic mass is 35.5. The maximum atomic E-state index is 10.1. The molecule has 32 heavy (non-hydrogen) atoms. The van der Waals surface area contributed by atoms with E-state index in [-0.39, 0.29) is 5.88 Å². The number of hydrogen-bond donors (Lipinski definition) is 2. The molecular weight excluding hydrogens is 432 g/mol. The zero-order valence-corrected chi connectivity index (χ0v) is 19.6. The van der Waals surface area contributed by atoms with Gasteiger partial charge in [-0.25, -0.2) is 30.0 Å². The van der Waals surface area contributed by atoms with Gasteiger partial charge in [-0.05, 0) is 92.6 Å². The molecule has 0 fully saturated rings. The van der Waals surface area contributed by atoms with E-state index in [9.17, 15) is 9.59 Å². The van der Waals surface area contributed by atoms with Gasteiger partial charge in [-0.1, -0.05) is 6.07 Å². The zero-order chi connectivity index (χ0) is 25.3. The number of alkyl halides is 1. The molecule has 0 radical (unpaired) electrons. The number of carbonyl (C=O) groups excluding carboxylic acids is 4. The van der Waals surface area contributed by atoms with Crippen LogP contribution in [0, 0.1) is 52.4 Å². The normalized spacial score (nSPS) is 8.22. The lowest BCUT2D eigenvalue weighted by molar-refractivity contribution is 0.562. The quantitative estimate of drug-likeness (QED) is 0.347. The van der Waals surface area contributed by atoms with Crippen molar-refractivity contribution in [2.45, 2.75) is 47.4 Å². The summed E-state index contributed by atoms with van der Waals surface area (Å²) in [6.45, 7) is 13.3. The summed E-state index contributed by atoms with van der Waals surface area (Å²) in [5.41, 5.74) is 10.2. The van der Waals surface area contributed by atoms with Crippen LogP contribution in [-0.4, -0.2) is 24.3 Å². The number of nitrogens with zero attached hydrogens (tertiary/aromatic N) is 2. The molecule has 0 amide bonds. The highest BCUT2D eigenvalue weighted by Crippen LogP contribution is 2.26. The van der Waals surface area contributed by atoms with E-state index < -0.39 is 0 Å². The van der Waals surface area contributed by atoms with Gasteiger partial charge in [0.15, 0.2) is 0 Å². The Kier molecular flexibility index (Phi) is 16.2. The number of halogens is 1. The number of hydrogen-bond acceptors (Lipinski definition) is 8. The van der Waals surface area contributed by atoms with Crippen molar-refractivity contribution in [2.24, 2.45) is 9.98 Å². The molecule has 0 atom stereocenters. The molecule has 0 bridgehead atoms. The third-order valence-corrected chi connectivity index (χ3v) is 5.22. The summed E-state index contributed by atoms with van der Waals surface area (Å²) in [5, 5.41) is 10.8. The van der Waals surface area contributed by atoms with Crippen molar-refractivity contribution in [3.05, 3.63) is 57.1 Å². The summed E-state index contributed by atoms with van der Waals surface area (Å²) < 4.78 is 0. The fraction of sp³-hybridized carbons (Fsp3) is 0.304. The predicted octanol–water partition coefficient (Wildman–Crippen LogP) is 5.70. The summed E-state index contributed by atoms with van der Waals surface area (Å²) in [6, 6.07) is 4.69. The molecule has 2 aromatic carbocycles. The van der Waals surface area contributed by atoms with Crippen LogP contribution < -0.4 is 0 Å². The fourth-order valence-corrected chi connectivity index (χ4v) is 2.85. The van der Waals surface area contributed by atoms with Crippen molar-refractivity contribution < 1.29 is 19.2 Å². The van der Waals surface area contributed by atoms with Gasteiger partial charge in [0.1, 0.15) is 0 Å². The second-order valence-electron chi connectivity index (χ2n) is 6.31. The molecule has 0 heterocycles. The van der Waals surface area contributed by atoms with Crippen molar-refractivity contribution in [3.63, 3.8) is 0 Å². The average Bonchev–Trinajstić information content (AvgIpc) is 2.77. The lowest BCUT2D eigenvalue weighted by Gasteiger charge is -2.15. The van der Waals surface area contributed by atoms with E-state index in [1.807, 2.05) is 0 Å². The summed E-state index contributed by atoms with van der Waals surface area (Å²) in [6.07, 6.45) is 4.30. The minimum absolute atomic E-state index is 0.228. The first-order chi connectivity index (χ1) is 15.1. The van der Waals surface area contributed by atoms with Crippen LogP contribution in [0.2, 0.25) is 0 Å². The Labute approximate surface area is 192 Å². The lowest BCUT2D eigenvalue weighted by Crippen LogP contribution is -1.98. The Morgan fingerprint density at radius 1 is 0.719 bits per heavy atom. The van der Waals surface area contributed by atoms with Crippen LogP contribution in [0.4, 0.5) is 11.4 Å². The standard InChI is InChI=1S/C12H18.C9H5ClN2O2.2CHNO/c1-7-8(2)10(4)12(6)11(5)9(7)3;10-4-7-1-2-8(11-5-13)3-9(7)12-6-14;2*2-1-3/h1-6H3;1-3H,4H2;2*2H. The summed E-state index contributed by atoms with van der Waals surface area (Å²) >= 11 is 5.60. The molecule has 0 aliphatic heterocycles. The van der Waals surface area contributed by atoms with Crippen molar-refractivity contribution in [2.75, 3.05) is 0 Å². The lowest BCUT2D eigenvalue weighted by atomic mass is 9.90. The van der Waals surface area contributed by atoms with Crippen LogP contribution in [0.5, 0.6) is 0 Å². The Balaban J connectivity index is 0. The van der Waals surface area contributed by atoms with Crippen molar-refractivity contribution in [3.8, 4) is 0 Å². The van der Waals surface area contributed by atoms with Crippen molar-refractivity contribution in [1.82, 2.24) is 0 Å². The molecule has 0 aromatic heterocycles. The SMILES string of the molecule is Cc1c(C)c(C)c(C)c(C)c1C.N=C=O.N=C=O.O=C=Nc1ccc(CCl)c(N=C=O)c1. The molecule has 0 unspecified atom stereocenters. The number of isocyanates is 4. The number of nitrogens with one attached hydrogen (secondary N) is 2. The van der Waals surface area contributed by atoms with Crippen LogP contribution in [0.25, 0.3) is 0 Å². The van der Waals surface area contributed by atoms with E-state index >= 15 is 0 Å². The molecule has 0 aliphatic carbocycles. The monoisotopic (exact) mass is 456 g/mol.